The Morgan fingerprint density at radius 3 is 2.00 bits per heavy atom. The number of allylic oxidation sites excluding steroid dienone is 2. The summed E-state index contributed by atoms with van der Waals surface area (Å²) in [4.78, 5) is 0. The lowest BCUT2D eigenvalue weighted by Gasteiger charge is -2.17. The van der Waals surface area contributed by atoms with Gasteiger partial charge >= 0.3 is 0 Å². The van der Waals surface area contributed by atoms with Gasteiger partial charge < -0.3 is 10.4 Å². The first kappa shape index (κ1) is 13.9. The highest BCUT2D eigenvalue weighted by Crippen LogP contribution is 2.33. The van der Waals surface area contributed by atoms with Crippen LogP contribution in [0.2, 0.25) is 0 Å². The molecule has 0 spiro atoms. The highest BCUT2D eigenvalue weighted by atomic mass is 16.3. The third-order valence-electron chi connectivity index (χ3n) is 3.10. The van der Waals surface area contributed by atoms with Crippen LogP contribution in [-0.2, 0) is 0 Å². The molecular weight excluding hydrogens is 246 g/mol. The lowest BCUT2D eigenvalue weighted by molar-refractivity contribution is 0.475. The van der Waals surface area contributed by atoms with Gasteiger partial charge in [0.05, 0.1) is 5.69 Å². The van der Waals surface area contributed by atoms with E-state index in [0.29, 0.717) is 0 Å². The van der Waals surface area contributed by atoms with Crippen molar-refractivity contribution in [3.8, 4) is 5.75 Å². The number of anilines is 2. The van der Waals surface area contributed by atoms with Crippen LogP contribution in [0.1, 0.15) is 25.0 Å². The Labute approximate surface area is 120 Å². The standard InChI is InChI=1S/C18H19NO/c1-12(2)16-9-6-10-17(13(3)4)18(16)19-14-7-5-8-15(20)11-14/h5-11,19-20H,1,3H2,2,4H3. The second-order valence-electron chi connectivity index (χ2n) is 4.96. The molecular formula is C18H19NO. The molecule has 0 fully saturated rings. The maximum Gasteiger partial charge on any atom is 0.117 e. The molecule has 0 atom stereocenters. The Bertz CT molecular complexity index is 639. The van der Waals surface area contributed by atoms with Crippen LogP contribution in [-0.4, -0.2) is 5.11 Å². The number of aromatic hydroxyl groups is 1. The van der Waals surface area contributed by atoms with Gasteiger partial charge in [0.2, 0.25) is 0 Å². The van der Waals surface area contributed by atoms with Crippen LogP contribution in [0, 0.1) is 0 Å². The number of hydrogen-bond acceptors (Lipinski definition) is 2. The predicted molar refractivity (Wildman–Crippen MR) is 87.2 cm³/mol. The average Bonchev–Trinajstić information content (AvgIpc) is 2.38. The molecule has 0 amide bonds. The fourth-order valence-corrected chi connectivity index (χ4v) is 2.13. The molecule has 0 bridgehead atoms. The highest BCUT2D eigenvalue weighted by Gasteiger charge is 2.10. The molecule has 0 heterocycles. The Balaban J connectivity index is 2.53. The molecule has 0 radical (unpaired) electrons. The topological polar surface area (TPSA) is 32.3 Å². The Hall–Kier alpha value is -2.48. The monoisotopic (exact) mass is 265 g/mol. The van der Waals surface area contributed by atoms with E-state index in [1.807, 2.05) is 44.2 Å². The van der Waals surface area contributed by atoms with E-state index in [0.717, 1.165) is 33.6 Å². The summed E-state index contributed by atoms with van der Waals surface area (Å²) in [5.41, 5.74) is 5.87. The van der Waals surface area contributed by atoms with Gasteiger partial charge in [0, 0.05) is 22.9 Å². The minimum absolute atomic E-state index is 0.236. The normalized spacial score (nSPS) is 10.1. The van der Waals surface area contributed by atoms with Crippen LogP contribution in [0.25, 0.3) is 11.1 Å². The first-order valence-corrected chi connectivity index (χ1v) is 6.50. The summed E-state index contributed by atoms with van der Waals surface area (Å²) < 4.78 is 0. The second kappa shape index (κ2) is 5.66. The number of hydrogen-bond donors (Lipinski definition) is 2. The van der Waals surface area contributed by atoms with Crippen molar-refractivity contribution >= 4 is 22.5 Å². The van der Waals surface area contributed by atoms with Gasteiger partial charge in [0.1, 0.15) is 5.75 Å². The quantitative estimate of drug-likeness (QED) is 0.796. The zero-order valence-electron chi connectivity index (χ0n) is 11.9. The summed E-state index contributed by atoms with van der Waals surface area (Å²) in [6.07, 6.45) is 0. The summed E-state index contributed by atoms with van der Waals surface area (Å²) in [5, 5.41) is 12.9. The van der Waals surface area contributed by atoms with E-state index in [1.165, 1.54) is 0 Å². The molecule has 0 aliphatic rings. The van der Waals surface area contributed by atoms with E-state index < -0.39 is 0 Å². The lowest BCUT2D eigenvalue weighted by Crippen LogP contribution is -1.98. The van der Waals surface area contributed by atoms with Gasteiger partial charge in [0.25, 0.3) is 0 Å². The van der Waals surface area contributed by atoms with Gasteiger partial charge in [-0.15, -0.1) is 0 Å². The molecule has 2 aromatic carbocycles. The second-order valence-corrected chi connectivity index (χ2v) is 4.96. The molecule has 2 heteroatoms. The summed E-state index contributed by atoms with van der Waals surface area (Å²) in [5.74, 6) is 0.236. The van der Waals surface area contributed by atoms with Crippen molar-refractivity contribution in [3.05, 3.63) is 66.7 Å². The van der Waals surface area contributed by atoms with Crippen LogP contribution >= 0.6 is 0 Å². The number of nitrogens with one attached hydrogen (secondary N) is 1. The van der Waals surface area contributed by atoms with Crippen molar-refractivity contribution in [1.82, 2.24) is 0 Å². The summed E-state index contributed by atoms with van der Waals surface area (Å²) in [6.45, 7) is 12.0. The largest absolute Gasteiger partial charge is 0.508 e. The van der Waals surface area contributed by atoms with Gasteiger partial charge in [-0.3, -0.25) is 0 Å². The van der Waals surface area contributed by atoms with Crippen LogP contribution in [0.5, 0.6) is 5.75 Å². The predicted octanol–water partition coefficient (Wildman–Crippen LogP) is 5.20. The summed E-state index contributed by atoms with van der Waals surface area (Å²) in [7, 11) is 0. The van der Waals surface area contributed by atoms with E-state index in [1.54, 1.807) is 12.1 Å². The van der Waals surface area contributed by atoms with E-state index in [2.05, 4.69) is 18.5 Å². The van der Waals surface area contributed by atoms with Crippen LogP contribution < -0.4 is 5.32 Å². The van der Waals surface area contributed by atoms with Crippen LogP contribution in [0.3, 0.4) is 0 Å². The third kappa shape index (κ3) is 2.91. The number of phenols is 1. The van der Waals surface area contributed by atoms with E-state index in [4.69, 9.17) is 0 Å². The molecule has 0 saturated carbocycles. The Morgan fingerprint density at radius 2 is 1.50 bits per heavy atom. The molecule has 20 heavy (non-hydrogen) atoms. The summed E-state index contributed by atoms with van der Waals surface area (Å²) >= 11 is 0. The van der Waals surface area contributed by atoms with Gasteiger partial charge in [0.15, 0.2) is 0 Å². The molecule has 0 saturated heterocycles. The van der Waals surface area contributed by atoms with Crippen LogP contribution in [0.15, 0.2) is 55.6 Å². The van der Waals surface area contributed by atoms with Gasteiger partial charge in [-0.05, 0) is 37.1 Å². The Kier molecular flexibility index (Phi) is 3.94. The van der Waals surface area contributed by atoms with Gasteiger partial charge in [-0.2, -0.15) is 0 Å². The zero-order valence-corrected chi connectivity index (χ0v) is 11.9. The maximum atomic E-state index is 9.57. The molecule has 2 aromatic rings. The van der Waals surface area contributed by atoms with E-state index in [9.17, 15) is 5.11 Å². The van der Waals surface area contributed by atoms with Crippen molar-refractivity contribution in [2.75, 3.05) is 5.32 Å². The minimum atomic E-state index is 0.236. The van der Waals surface area contributed by atoms with Crippen molar-refractivity contribution in [2.24, 2.45) is 0 Å². The van der Waals surface area contributed by atoms with Gasteiger partial charge in [-0.1, -0.05) is 37.4 Å². The first-order chi connectivity index (χ1) is 9.49. The molecule has 2 N–H and O–H groups in total. The summed E-state index contributed by atoms with van der Waals surface area (Å²) in [6, 6.07) is 13.1. The molecule has 0 aliphatic carbocycles. The lowest BCUT2D eigenvalue weighted by atomic mass is 9.98. The average molecular weight is 265 g/mol. The van der Waals surface area contributed by atoms with Crippen molar-refractivity contribution in [1.29, 1.82) is 0 Å². The minimum Gasteiger partial charge on any atom is -0.508 e. The molecule has 0 aliphatic heterocycles. The number of phenolic OH excluding ortho intramolecular Hbond substituents is 1. The fraction of sp³-hybridized carbons (Fsp3) is 0.111. The number of rotatable bonds is 4. The maximum absolute atomic E-state index is 9.57. The van der Waals surface area contributed by atoms with Crippen molar-refractivity contribution in [3.63, 3.8) is 0 Å². The zero-order chi connectivity index (χ0) is 14.7. The molecule has 102 valence electrons. The van der Waals surface area contributed by atoms with Crippen LogP contribution in [0.4, 0.5) is 11.4 Å². The first-order valence-electron chi connectivity index (χ1n) is 6.50. The molecule has 2 rings (SSSR count). The smallest absolute Gasteiger partial charge is 0.117 e. The van der Waals surface area contributed by atoms with E-state index in [-0.39, 0.29) is 5.75 Å². The number of benzene rings is 2. The molecule has 0 unspecified atom stereocenters. The third-order valence-corrected chi connectivity index (χ3v) is 3.10. The fourth-order valence-electron chi connectivity index (χ4n) is 2.13. The molecule has 2 nitrogen and oxygen atoms in total. The number of para-hydroxylation sites is 1. The van der Waals surface area contributed by atoms with Crippen molar-refractivity contribution < 1.29 is 5.11 Å². The Morgan fingerprint density at radius 1 is 0.950 bits per heavy atom. The van der Waals surface area contributed by atoms with Gasteiger partial charge in [-0.25, -0.2) is 0 Å². The molecule has 0 aromatic heterocycles. The SMILES string of the molecule is C=C(C)c1cccc(C(=C)C)c1Nc1cccc(O)c1. The van der Waals surface area contributed by atoms with E-state index >= 15 is 0 Å². The highest BCUT2D eigenvalue weighted by molar-refractivity contribution is 5.86. The van der Waals surface area contributed by atoms with Crippen molar-refractivity contribution in [2.45, 2.75) is 13.8 Å².